The molecular weight excluding hydrogens is 476 g/mol. The lowest BCUT2D eigenvalue weighted by Gasteiger charge is -2.27. The van der Waals surface area contributed by atoms with E-state index in [-0.39, 0.29) is 12.5 Å². The molecule has 2 aliphatic heterocycles. The lowest BCUT2D eigenvalue weighted by Crippen LogP contribution is -2.47. The maximum absolute atomic E-state index is 13.9. The zero-order valence-electron chi connectivity index (χ0n) is 20.7. The Morgan fingerprint density at radius 3 is 2.78 bits per heavy atom. The number of aromatic nitrogens is 2. The topological polar surface area (TPSA) is 99.7 Å². The summed E-state index contributed by atoms with van der Waals surface area (Å²) in [5, 5.41) is 8.79. The van der Waals surface area contributed by atoms with E-state index in [1.165, 1.54) is 0 Å². The number of likely N-dealkylation sites (tertiary alicyclic amines) is 1. The highest BCUT2D eigenvalue weighted by Crippen LogP contribution is 2.44. The summed E-state index contributed by atoms with van der Waals surface area (Å²) in [6.07, 6.45) is 5.28. The van der Waals surface area contributed by atoms with E-state index in [2.05, 4.69) is 6.08 Å². The predicted octanol–water partition coefficient (Wildman–Crippen LogP) is 4.80. The summed E-state index contributed by atoms with van der Waals surface area (Å²) < 4.78 is 13.6. The molecule has 2 aliphatic rings. The second-order valence-corrected chi connectivity index (χ2v) is 10.2. The molecule has 1 unspecified atom stereocenters. The number of hydrogen-bond acceptors (Lipinski definition) is 6. The number of thiophene rings is 1. The third-order valence-electron chi connectivity index (χ3n) is 6.68. The molecule has 3 aromatic rings. The molecule has 0 spiro atoms. The van der Waals surface area contributed by atoms with Crippen molar-refractivity contribution in [3.05, 3.63) is 51.4 Å². The standard InChI is InChI=1S/C27H30N4O4S/c1-16(2)11-17-12-19-23(13-22(17)34-3)35-14-20-24(29-31(25(19)20)18-8-10-36-15-18)27(33)30-9-6-4-5-7-21(30)26(28)32/h8,10-13,15,21H,4-7,9,14H2,1-3H3,(H2,28,32). The third-order valence-corrected chi connectivity index (χ3v) is 7.35. The Balaban J connectivity index is 1.69. The third kappa shape index (κ3) is 4.28. The Kier molecular flexibility index (Phi) is 6.57. The van der Waals surface area contributed by atoms with Crippen molar-refractivity contribution < 1.29 is 19.1 Å². The molecule has 2 amide bonds. The van der Waals surface area contributed by atoms with Crippen LogP contribution in [-0.2, 0) is 11.4 Å². The molecule has 0 radical (unpaired) electrons. The highest BCUT2D eigenvalue weighted by atomic mass is 32.1. The Morgan fingerprint density at radius 2 is 2.08 bits per heavy atom. The van der Waals surface area contributed by atoms with Gasteiger partial charge in [0.05, 0.1) is 18.5 Å². The molecule has 8 nitrogen and oxygen atoms in total. The first-order valence-electron chi connectivity index (χ1n) is 12.1. The molecule has 0 aliphatic carbocycles. The van der Waals surface area contributed by atoms with E-state index < -0.39 is 11.9 Å². The monoisotopic (exact) mass is 506 g/mol. The lowest BCUT2D eigenvalue weighted by atomic mass is 9.98. The smallest absolute Gasteiger partial charge is 0.275 e. The van der Waals surface area contributed by atoms with E-state index in [0.717, 1.165) is 47.3 Å². The van der Waals surface area contributed by atoms with Gasteiger partial charge in [-0.2, -0.15) is 16.4 Å². The van der Waals surface area contributed by atoms with Gasteiger partial charge in [-0.1, -0.05) is 24.5 Å². The molecule has 9 heteroatoms. The number of carbonyl (C=O) groups excluding carboxylic acids is 2. The summed E-state index contributed by atoms with van der Waals surface area (Å²) >= 11 is 1.56. The van der Waals surface area contributed by atoms with Gasteiger partial charge in [0.15, 0.2) is 5.69 Å². The van der Waals surface area contributed by atoms with E-state index in [1.807, 2.05) is 47.5 Å². The van der Waals surface area contributed by atoms with Gasteiger partial charge in [-0.15, -0.1) is 0 Å². The highest BCUT2D eigenvalue weighted by molar-refractivity contribution is 7.08. The molecule has 1 aromatic carbocycles. The van der Waals surface area contributed by atoms with E-state index in [9.17, 15) is 9.59 Å². The Morgan fingerprint density at radius 1 is 1.25 bits per heavy atom. The normalized spacial score (nSPS) is 16.9. The highest BCUT2D eigenvalue weighted by Gasteiger charge is 2.36. The van der Waals surface area contributed by atoms with E-state index in [4.69, 9.17) is 20.3 Å². The minimum atomic E-state index is -0.632. The fourth-order valence-corrected chi connectivity index (χ4v) is 5.63. The molecule has 1 saturated heterocycles. The zero-order chi connectivity index (χ0) is 25.4. The van der Waals surface area contributed by atoms with Crippen molar-refractivity contribution in [3.8, 4) is 28.4 Å². The van der Waals surface area contributed by atoms with Gasteiger partial charge in [0, 0.05) is 34.7 Å². The molecule has 5 rings (SSSR count). The molecule has 1 atom stereocenters. The number of ether oxygens (including phenoxy) is 2. The average molecular weight is 507 g/mol. The number of benzene rings is 1. The maximum atomic E-state index is 13.9. The van der Waals surface area contributed by atoms with Crippen LogP contribution in [0.4, 0.5) is 0 Å². The fraction of sp³-hybridized carbons (Fsp3) is 0.370. The largest absolute Gasteiger partial charge is 0.496 e. The quantitative estimate of drug-likeness (QED) is 0.536. The van der Waals surface area contributed by atoms with Crippen LogP contribution in [0, 0.1) is 0 Å². The number of nitrogens with zero attached hydrogens (tertiary/aromatic N) is 3. The van der Waals surface area contributed by atoms with Gasteiger partial charge in [-0.3, -0.25) is 9.59 Å². The van der Waals surface area contributed by atoms with Crippen LogP contribution in [0.5, 0.6) is 11.5 Å². The van der Waals surface area contributed by atoms with Gasteiger partial charge >= 0.3 is 0 Å². The minimum Gasteiger partial charge on any atom is -0.496 e. The van der Waals surface area contributed by atoms with Crippen LogP contribution in [0.2, 0.25) is 0 Å². The van der Waals surface area contributed by atoms with Gasteiger partial charge in [-0.25, -0.2) is 4.68 Å². The summed E-state index contributed by atoms with van der Waals surface area (Å²) in [5.74, 6) is 0.628. The average Bonchev–Trinajstić information content (AvgIpc) is 3.44. The van der Waals surface area contributed by atoms with Gasteiger partial charge in [0.25, 0.3) is 5.91 Å². The number of rotatable bonds is 5. The molecular formula is C27H30N4O4S. The van der Waals surface area contributed by atoms with Crippen molar-refractivity contribution >= 4 is 29.2 Å². The summed E-state index contributed by atoms with van der Waals surface area (Å²) in [6.45, 7) is 4.73. The zero-order valence-corrected chi connectivity index (χ0v) is 21.6. The number of primary amides is 1. The van der Waals surface area contributed by atoms with Crippen LogP contribution in [0.25, 0.3) is 23.0 Å². The van der Waals surface area contributed by atoms with Gasteiger partial charge < -0.3 is 20.1 Å². The van der Waals surface area contributed by atoms with Crippen molar-refractivity contribution in [1.29, 1.82) is 0 Å². The number of fused-ring (bicyclic) bond motifs is 3. The second-order valence-electron chi connectivity index (χ2n) is 9.44. The molecule has 4 heterocycles. The van der Waals surface area contributed by atoms with Crippen LogP contribution in [0.1, 0.15) is 61.1 Å². The van der Waals surface area contributed by atoms with E-state index in [1.54, 1.807) is 23.3 Å². The Hall–Kier alpha value is -3.59. The molecule has 188 valence electrons. The molecule has 2 N–H and O–H groups in total. The van der Waals surface area contributed by atoms with Crippen LogP contribution in [0.15, 0.2) is 34.5 Å². The fourth-order valence-electron chi connectivity index (χ4n) is 5.02. The number of amides is 2. The summed E-state index contributed by atoms with van der Waals surface area (Å²) in [6, 6.07) is 5.25. The van der Waals surface area contributed by atoms with Crippen molar-refractivity contribution in [2.24, 2.45) is 5.73 Å². The first-order valence-corrected chi connectivity index (χ1v) is 13.1. The summed E-state index contributed by atoms with van der Waals surface area (Å²) in [7, 11) is 1.64. The van der Waals surface area contributed by atoms with Crippen molar-refractivity contribution in [2.75, 3.05) is 13.7 Å². The van der Waals surface area contributed by atoms with Gasteiger partial charge in [0.2, 0.25) is 5.91 Å². The summed E-state index contributed by atoms with van der Waals surface area (Å²) in [4.78, 5) is 27.8. The molecule has 36 heavy (non-hydrogen) atoms. The van der Waals surface area contributed by atoms with Crippen molar-refractivity contribution in [1.82, 2.24) is 14.7 Å². The molecule has 0 bridgehead atoms. The number of nitrogens with two attached hydrogens (primary N) is 1. The molecule has 1 fully saturated rings. The molecule has 0 saturated carbocycles. The number of allylic oxidation sites excluding steroid dienone is 1. The SMILES string of the molecule is COc1cc2c(cc1C=C(C)C)-c1c(c(C(=O)N3CCCCCC3C(N)=O)nn1-c1ccsc1)CO2. The Bertz CT molecular complexity index is 1340. The lowest BCUT2D eigenvalue weighted by molar-refractivity contribution is -0.122. The van der Waals surface area contributed by atoms with E-state index in [0.29, 0.717) is 35.7 Å². The second kappa shape index (κ2) is 9.81. The van der Waals surface area contributed by atoms with Crippen LogP contribution in [-0.4, -0.2) is 46.2 Å². The minimum absolute atomic E-state index is 0.188. The maximum Gasteiger partial charge on any atom is 0.275 e. The van der Waals surface area contributed by atoms with Crippen LogP contribution in [0.3, 0.4) is 0 Å². The van der Waals surface area contributed by atoms with Crippen molar-refractivity contribution in [2.45, 2.75) is 52.2 Å². The number of methoxy groups -OCH3 is 1. The van der Waals surface area contributed by atoms with E-state index >= 15 is 0 Å². The van der Waals surface area contributed by atoms with Gasteiger partial charge in [0.1, 0.15) is 24.1 Å². The van der Waals surface area contributed by atoms with Crippen LogP contribution < -0.4 is 15.2 Å². The van der Waals surface area contributed by atoms with Crippen LogP contribution >= 0.6 is 11.3 Å². The summed E-state index contributed by atoms with van der Waals surface area (Å²) in [5.41, 5.74) is 11.3. The first kappa shape index (κ1) is 24.1. The van der Waals surface area contributed by atoms with Gasteiger partial charge in [-0.05, 0) is 44.2 Å². The van der Waals surface area contributed by atoms with Crippen molar-refractivity contribution in [3.63, 3.8) is 0 Å². The number of carbonyl (C=O) groups is 2. The predicted molar refractivity (Wildman–Crippen MR) is 140 cm³/mol. The first-order chi connectivity index (χ1) is 17.4. The molecule has 2 aromatic heterocycles. The number of hydrogen-bond donors (Lipinski definition) is 1. The Labute approximate surface area is 214 Å².